The molecule has 1 amide bonds. The number of carbonyl (C=O) groups excluding carboxylic acids is 1. The van der Waals surface area contributed by atoms with Gasteiger partial charge in [0.2, 0.25) is 10.0 Å². The second kappa shape index (κ2) is 8.07. The summed E-state index contributed by atoms with van der Waals surface area (Å²) in [5, 5.41) is 5.75. The van der Waals surface area contributed by atoms with Gasteiger partial charge >= 0.3 is 0 Å². The predicted molar refractivity (Wildman–Crippen MR) is 107 cm³/mol. The smallest absolute Gasteiger partial charge is 0.293 e. The Kier molecular flexibility index (Phi) is 5.78. The van der Waals surface area contributed by atoms with Crippen molar-refractivity contribution in [3.8, 4) is 0 Å². The Morgan fingerprint density at radius 1 is 1.11 bits per heavy atom. The summed E-state index contributed by atoms with van der Waals surface area (Å²) in [6.45, 7) is 1.98. The first-order valence-corrected chi connectivity index (χ1v) is 10.6. The van der Waals surface area contributed by atoms with Gasteiger partial charge in [0, 0.05) is 26.2 Å². The average molecular weight is 409 g/mol. The van der Waals surface area contributed by atoms with Crippen LogP contribution in [-0.4, -0.2) is 56.2 Å². The molecule has 1 fully saturated rings. The standard InChI is InChI=1S/C17H20N4O4S2/c1-27(23,24)21-10-8-20(9-11-21)14-6-3-2-5-13(14)18-17(26)19-16(22)15-7-4-12-25-15/h2-7,12H,8-11H2,1H3,(H2,18,19,22,26). The highest BCUT2D eigenvalue weighted by atomic mass is 32.2. The van der Waals surface area contributed by atoms with Crippen molar-refractivity contribution >= 4 is 44.6 Å². The number of sulfonamides is 1. The van der Waals surface area contributed by atoms with Gasteiger partial charge in [-0.3, -0.25) is 10.1 Å². The molecule has 1 aromatic heterocycles. The highest BCUT2D eigenvalue weighted by Gasteiger charge is 2.24. The van der Waals surface area contributed by atoms with Crippen LogP contribution in [0.2, 0.25) is 0 Å². The Morgan fingerprint density at radius 3 is 2.44 bits per heavy atom. The van der Waals surface area contributed by atoms with E-state index >= 15 is 0 Å². The molecule has 0 atom stereocenters. The summed E-state index contributed by atoms with van der Waals surface area (Å²) in [5.41, 5.74) is 1.62. The van der Waals surface area contributed by atoms with Crippen molar-refractivity contribution in [2.24, 2.45) is 0 Å². The molecular formula is C17H20N4O4S2. The molecule has 1 aromatic carbocycles. The lowest BCUT2D eigenvalue weighted by molar-refractivity contribution is 0.0950. The van der Waals surface area contributed by atoms with Crippen molar-refractivity contribution < 1.29 is 17.6 Å². The first-order valence-electron chi connectivity index (χ1n) is 8.29. The van der Waals surface area contributed by atoms with Gasteiger partial charge in [-0.15, -0.1) is 0 Å². The zero-order chi connectivity index (χ0) is 19.4. The van der Waals surface area contributed by atoms with Crippen LogP contribution in [0.1, 0.15) is 10.6 Å². The summed E-state index contributed by atoms with van der Waals surface area (Å²) < 4.78 is 29.9. The summed E-state index contributed by atoms with van der Waals surface area (Å²) >= 11 is 5.22. The molecule has 3 rings (SSSR count). The molecule has 0 spiro atoms. The molecule has 2 heterocycles. The molecule has 2 N–H and O–H groups in total. The zero-order valence-electron chi connectivity index (χ0n) is 14.7. The molecule has 1 saturated heterocycles. The minimum absolute atomic E-state index is 0.152. The second-order valence-electron chi connectivity index (χ2n) is 6.05. The third kappa shape index (κ3) is 4.85. The minimum atomic E-state index is -3.18. The summed E-state index contributed by atoms with van der Waals surface area (Å²) in [7, 11) is -3.18. The van der Waals surface area contributed by atoms with Gasteiger partial charge in [0.15, 0.2) is 10.9 Å². The van der Waals surface area contributed by atoms with E-state index in [9.17, 15) is 13.2 Å². The normalized spacial score (nSPS) is 15.4. The number of thiocarbonyl (C=S) groups is 1. The molecule has 27 heavy (non-hydrogen) atoms. The van der Waals surface area contributed by atoms with Gasteiger partial charge in [0.1, 0.15) is 0 Å². The molecule has 0 saturated carbocycles. The van der Waals surface area contributed by atoms with Crippen molar-refractivity contribution in [3.63, 3.8) is 0 Å². The van der Waals surface area contributed by atoms with Crippen LogP contribution in [-0.2, 0) is 10.0 Å². The lowest BCUT2D eigenvalue weighted by Crippen LogP contribution is -2.48. The van der Waals surface area contributed by atoms with Crippen LogP contribution < -0.4 is 15.5 Å². The molecule has 8 nitrogen and oxygen atoms in total. The van der Waals surface area contributed by atoms with Gasteiger partial charge in [0.25, 0.3) is 5.91 Å². The fraction of sp³-hybridized carbons (Fsp3) is 0.294. The monoisotopic (exact) mass is 408 g/mol. The maximum absolute atomic E-state index is 12.0. The van der Waals surface area contributed by atoms with E-state index in [1.807, 2.05) is 24.3 Å². The molecule has 1 aliphatic rings. The predicted octanol–water partition coefficient (Wildman–Crippen LogP) is 1.49. The number of para-hydroxylation sites is 2. The number of hydrogen-bond donors (Lipinski definition) is 2. The van der Waals surface area contributed by atoms with Crippen molar-refractivity contribution in [1.29, 1.82) is 0 Å². The van der Waals surface area contributed by atoms with Gasteiger partial charge < -0.3 is 14.6 Å². The Morgan fingerprint density at radius 2 is 1.81 bits per heavy atom. The van der Waals surface area contributed by atoms with Gasteiger partial charge in [0.05, 0.1) is 23.9 Å². The average Bonchev–Trinajstić information content (AvgIpc) is 3.16. The van der Waals surface area contributed by atoms with E-state index in [2.05, 4.69) is 15.5 Å². The van der Waals surface area contributed by atoms with E-state index in [-0.39, 0.29) is 10.9 Å². The first kappa shape index (κ1) is 19.3. The fourth-order valence-corrected chi connectivity index (χ4v) is 3.87. The minimum Gasteiger partial charge on any atom is -0.459 e. The number of hydrogen-bond acceptors (Lipinski definition) is 6. The maximum atomic E-state index is 12.0. The number of nitrogens with one attached hydrogen (secondary N) is 2. The molecule has 10 heteroatoms. The van der Waals surface area contributed by atoms with E-state index in [0.717, 1.165) is 11.4 Å². The number of benzene rings is 1. The highest BCUT2D eigenvalue weighted by molar-refractivity contribution is 7.88. The van der Waals surface area contributed by atoms with Crippen LogP contribution in [0, 0.1) is 0 Å². The van der Waals surface area contributed by atoms with Crippen LogP contribution >= 0.6 is 12.2 Å². The second-order valence-corrected chi connectivity index (χ2v) is 8.44. The molecule has 144 valence electrons. The quantitative estimate of drug-likeness (QED) is 0.740. The largest absolute Gasteiger partial charge is 0.459 e. The van der Waals surface area contributed by atoms with Crippen LogP contribution in [0.3, 0.4) is 0 Å². The van der Waals surface area contributed by atoms with Crippen LogP contribution in [0.15, 0.2) is 47.1 Å². The Hall–Kier alpha value is -2.43. The zero-order valence-corrected chi connectivity index (χ0v) is 16.3. The molecule has 2 aromatic rings. The fourth-order valence-electron chi connectivity index (χ4n) is 2.84. The number of piperazine rings is 1. The number of amides is 1. The first-order chi connectivity index (χ1) is 12.8. The van der Waals surface area contributed by atoms with Crippen molar-refractivity contribution in [3.05, 3.63) is 48.4 Å². The number of furan rings is 1. The van der Waals surface area contributed by atoms with Crippen molar-refractivity contribution in [2.75, 3.05) is 42.7 Å². The molecule has 0 unspecified atom stereocenters. The molecular weight excluding hydrogens is 388 g/mol. The number of nitrogens with zero attached hydrogens (tertiary/aromatic N) is 2. The van der Waals surface area contributed by atoms with Crippen LogP contribution in [0.25, 0.3) is 0 Å². The van der Waals surface area contributed by atoms with E-state index in [4.69, 9.17) is 16.6 Å². The Labute approximate surface area is 163 Å². The SMILES string of the molecule is CS(=O)(=O)N1CCN(c2ccccc2NC(=S)NC(=O)c2ccco2)CC1. The van der Waals surface area contributed by atoms with E-state index in [0.29, 0.717) is 26.2 Å². The lowest BCUT2D eigenvalue weighted by atomic mass is 10.2. The number of carbonyl (C=O) groups is 1. The summed E-state index contributed by atoms with van der Waals surface area (Å²) in [6.07, 6.45) is 2.63. The molecule has 1 aliphatic heterocycles. The van der Waals surface area contributed by atoms with Crippen LogP contribution in [0.5, 0.6) is 0 Å². The summed E-state index contributed by atoms with van der Waals surface area (Å²) in [6, 6.07) is 10.7. The third-order valence-corrected chi connectivity index (χ3v) is 5.68. The van der Waals surface area contributed by atoms with Gasteiger partial charge in [-0.1, -0.05) is 12.1 Å². The summed E-state index contributed by atoms with van der Waals surface area (Å²) in [4.78, 5) is 14.1. The van der Waals surface area contributed by atoms with Gasteiger partial charge in [-0.25, -0.2) is 8.42 Å². The highest BCUT2D eigenvalue weighted by Crippen LogP contribution is 2.27. The van der Waals surface area contributed by atoms with Gasteiger partial charge in [-0.2, -0.15) is 4.31 Å². The van der Waals surface area contributed by atoms with E-state index in [1.54, 1.807) is 12.1 Å². The lowest BCUT2D eigenvalue weighted by Gasteiger charge is -2.35. The number of rotatable bonds is 4. The molecule has 0 aliphatic carbocycles. The van der Waals surface area contributed by atoms with E-state index in [1.165, 1.54) is 16.8 Å². The summed E-state index contributed by atoms with van der Waals surface area (Å²) in [5.74, 6) is -0.263. The Balaban J connectivity index is 1.66. The molecule has 0 radical (unpaired) electrons. The number of anilines is 2. The van der Waals surface area contributed by atoms with Crippen molar-refractivity contribution in [1.82, 2.24) is 9.62 Å². The van der Waals surface area contributed by atoms with Gasteiger partial charge in [-0.05, 0) is 36.5 Å². The maximum Gasteiger partial charge on any atom is 0.293 e. The molecule has 0 bridgehead atoms. The van der Waals surface area contributed by atoms with Crippen molar-refractivity contribution in [2.45, 2.75) is 0 Å². The Bertz CT molecular complexity index is 920. The topological polar surface area (TPSA) is 94.9 Å². The third-order valence-electron chi connectivity index (χ3n) is 4.17. The van der Waals surface area contributed by atoms with Crippen LogP contribution in [0.4, 0.5) is 11.4 Å². The van der Waals surface area contributed by atoms with E-state index < -0.39 is 15.9 Å².